The monoisotopic (exact) mass is 572 g/mol. The lowest BCUT2D eigenvalue weighted by atomic mass is 10.2. The van der Waals surface area contributed by atoms with Crippen LogP contribution in [0.15, 0.2) is 46.2 Å². The van der Waals surface area contributed by atoms with Crippen molar-refractivity contribution in [2.75, 3.05) is 5.75 Å². The number of rotatable bonds is 7. The summed E-state index contributed by atoms with van der Waals surface area (Å²) in [5.74, 6) is 0.268. The maximum atomic E-state index is 13.6. The molecule has 0 aliphatic heterocycles. The zero-order chi connectivity index (χ0) is 19.1. The molecule has 0 spiro atoms. The Bertz CT molecular complexity index is 825. The van der Waals surface area contributed by atoms with Crippen molar-refractivity contribution in [1.29, 1.82) is 10.8 Å². The Kier molecular flexibility index (Phi) is 13.1. The minimum Gasteiger partial charge on any atom is -0.379 e. The summed E-state index contributed by atoms with van der Waals surface area (Å²) in [6, 6.07) is 9.02. The number of nitrogens with one attached hydrogen (secondary N) is 2. The molecule has 0 saturated heterocycles. The van der Waals surface area contributed by atoms with Crippen molar-refractivity contribution < 1.29 is 8.78 Å². The molecular formula is C17H20Br2F2N4S3. The molecule has 0 radical (unpaired) electrons. The average molecular weight is 574 g/mol. The summed E-state index contributed by atoms with van der Waals surface area (Å²) in [6.45, 7) is 0. The zero-order valence-corrected chi connectivity index (χ0v) is 20.4. The maximum Gasteiger partial charge on any atom is 0.151 e. The summed E-state index contributed by atoms with van der Waals surface area (Å²) in [4.78, 5) is 1.68. The number of amidine groups is 2. The minimum absolute atomic E-state index is 0. The van der Waals surface area contributed by atoms with E-state index in [4.69, 9.17) is 22.3 Å². The number of aryl methyl sites for hydroxylation is 1. The summed E-state index contributed by atoms with van der Waals surface area (Å²) in [5, 5.41) is 14.6. The molecule has 4 nitrogen and oxygen atoms in total. The van der Waals surface area contributed by atoms with Gasteiger partial charge in [0.05, 0.1) is 0 Å². The van der Waals surface area contributed by atoms with Gasteiger partial charge in [0.25, 0.3) is 0 Å². The number of thioether (sulfide) groups is 2. The Morgan fingerprint density at radius 1 is 0.821 bits per heavy atom. The van der Waals surface area contributed by atoms with Crippen molar-refractivity contribution in [3.05, 3.63) is 59.2 Å². The van der Waals surface area contributed by atoms with Crippen molar-refractivity contribution in [3.8, 4) is 0 Å². The second-order valence-electron chi connectivity index (χ2n) is 5.22. The number of nitrogens with two attached hydrogens (primary N) is 2. The van der Waals surface area contributed by atoms with Gasteiger partial charge >= 0.3 is 0 Å². The van der Waals surface area contributed by atoms with Gasteiger partial charge in [-0.25, -0.2) is 8.78 Å². The molecule has 28 heavy (non-hydrogen) atoms. The highest BCUT2D eigenvalue weighted by molar-refractivity contribution is 8.93. The van der Waals surface area contributed by atoms with Gasteiger partial charge in [-0.3, -0.25) is 10.8 Å². The van der Waals surface area contributed by atoms with E-state index in [0.717, 1.165) is 32.7 Å². The summed E-state index contributed by atoms with van der Waals surface area (Å²) < 4.78 is 27.2. The van der Waals surface area contributed by atoms with Gasteiger partial charge in [-0.05, 0) is 53.9 Å². The van der Waals surface area contributed by atoms with Crippen LogP contribution in [-0.2, 0) is 12.2 Å². The lowest BCUT2D eigenvalue weighted by Gasteiger charge is -2.13. The summed E-state index contributed by atoms with van der Waals surface area (Å²) in [6.07, 6.45) is 0.559. The molecule has 154 valence electrons. The predicted octanol–water partition coefficient (Wildman–Crippen LogP) is 5.57. The van der Waals surface area contributed by atoms with Gasteiger partial charge in [0.15, 0.2) is 10.3 Å². The van der Waals surface area contributed by atoms with Crippen LogP contribution in [0.5, 0.6) is 0 Å². The molecule has 11 heteroatoms. The van der Waals surface area contributed by atoms with E-state index in [1.54, 1.807) is 12.1 Å². The smallest absolute Gasteiger partial charge is 0.151 e. The molecule has 0 atom stereocenters. The lowest BCUT2D eigenvalue weighted by Crippen LogP contribution is -2.06. The predicted molar refractivity (Wildman–Crippen MR) is 129 cm³/mol. The third kappa shape index (κ3) is 9.17. The van der Waals surface area contributed by atoms with Gasteiger partial charge in [-0.15, -0.1) is 34.0 Å². The first-order chi connectivity index (χ1) is 12.3. The number of benzene rings is 2. The fourth-order valence-corrected chi connectivity index (χ4v) is 4.39. The molecule has 0 unspecified atom stereocenters. The summed E-state index contributed by atoms with van der Waals surface area (Å²) in [5.41, 5.74) is 12.2. The van der Waals surface area contributed by atoms with Crippen molar-refractivity contribution >= 4 is 79.6 Å². The van der Waals surface area contributed by atoms with Gasteiger partial charge in [0.1, 0.15) is 11.6 Å². The third-order valence-electron chi connectivity index (χ3n) is 3.28. The molecule has 2 rings (SSSR count). The Morgan fingerprint density at radius 2 is 1.32 bits per heavy atom. The number of halogens is 4. The molecule has 0 aliphatic carbocycles. The molecule has 2 aromatic carbocycles. The van der Waals surface area contributed by atoms with Crippen molar-refractivity contribution in [3.63, 3.8) is 0 Å². The van der Waals surface area contributed by atoms with E-state index in [0.29, 0.717) is 17.9 Å². The summed E-state index contributed by atoms with van der Waals surface area (Å²) in [7, 11) is 0. The van der Waals surface area contributed by atoms with Crippen LogP contribution < -0.4 is 11.5 Å². The van der Waals surface area contributed by atoms with Crippen molar-refractivity contribution in [2.24, 2.45) is 11.5 Å². The molecular weight excluding hydrogens is 554 g/mol. The van der Waals surface area contributed by atoms with E-state index in [1.165, 1.54) is 47.8 Å². The zero-order valence-electron chi connectivity index (χ0n) is 14.5. The second-order valence-corrected chi connectivity index (χ2v) is 8.46. The topological polar surface area (TPSA) is 99.7 Å². The van der Waals surface area contributed by atoms with Crippen LogP contribution in [0.3, 0.4) is 0 Å². The largest absolute Gasteiger partial charge is 0.379 e. The Morgan fingerprint density at radius 3 is 1.86 bits per heavy atom. The van der Waals surface area contributed by atoms with E-state index in [-0.39, 0.29) is 55.9 Å². The number of hydrogen-bond acceptors (Lipinski definition) is 5. The Labute approximate surface area is 196 Å². The molecule has 0 aromatic heterocycles. The van der Waals surface area contributed by atoms with Crippen LogP contribution in [0.1, 0.15) is 11.1 Å². The van der Waals surface area contributed by atoms with Gasteiger partial charge in [0.2, 0.25) is 0 Å². The quantitative estimate of drug-likeness (QED) is 0.256. The van der Waals surface area contributed by atoms with Crippen molar-refractivity contribution in [1.82, 2.24) is 0 Å². The van der Waals surface area contributed by atoms with E-state index < -0.39 is 0 Å². The molecule has 2 aromatic rings. The molecule has 0 fully saturated rings. The normalized spacial score (nSPS) is 9.93. The first-order valence-electron chi connectivity index (χ1n) is 7.53. The van der Waals surface area contributed by atoms with Crippen molar-refractivity contribution in [2.45, 2.75) is 22.0 Å². The van der Waals surface area contributed by atoms with E-state index in [1.807, 2.05) is 0 Å². The Hall–Kier alpha value is -0.750. The highest BCUT2D eigenvalue weighted by Crippen LogP contribution is 2.35. The van der Waals surface area contributed by atoms with Gasteiger partial charge in [0, 0.05) is 21.3 Å². The van der Waals surface area contributed by atoms with Crippen LogP contribution in [0.2, 0.25) is 0 Å². The van der Waals surface area contributed by atoms with Crippen LogP contribution in [0.4, 0.5) is 8.78 Å². The molecule has 0 heterocycles. The lowest BCUT2D eigenvalue weighted by molar-refractivity contribution is 0.624. The van der Waals surface area contributed by atoms with Crippen LogP contribution in [0.25, 0.3) is 0 Å². The molecule has 0 bridgehead atoms. The second kappa shape index (κ2) is 13.5. The number of hydrogen-bond donors (Lipinski definition) is 4. The third-order valence-corrected chi connectivity index (χ3v) is 6.00. The van der Waals surface area contributed by atoms with E-state index in [9.17, 15) is 8.78 Å². The van der Waals surface area contributed by atoms with Gasteiger partial charge < -0.3 is 11.5 Å². The molecule has 6 N–H and O–H groups in total. The van der Waals surface area contributed by atoms with E-state index >= 15 is 0 Å². The SMILES string of the molecule is Br.Br.N=C(N)SCCc1cc(F)ccc1Sc1ccc(F)cc1CSC(=N)N. The molecule has 0 saturated carbocycles. The average Bonchev–Trinajstić information content (AvgIpc) is 2.56. The maximum absolute atomic E-state index is 13.6. The first kappa shape index (κ1) is 27.2. The summed E-state index contributed by atoms with van der Waals surface area (Å²) >= 11 is 3.74. The highest BCUT2D eigenvalue weighted by Gasteiger charge is 2.11. The van der Waals surface area contributed by atoms with Crippen LogP contribution in [0, 0.1) is 22.5 Å². The molecule has 0 aliphatic rings. The fraction of sp³-hybridized carbons (Fsp3) is 0.176. The van der Waals surface area contributed by atoms with Gasteiger partial charge in [-0.1, -0.05) is 35.3 Å². The van der Waals surface area contributed by atoms with E-state index in [2.05, 4.69) is 0 Å². The highest BCUT2D eigenvalue weighted by atomic mass is 79.9. The first-order valence-corrected chi connectivity index (χ1v) is 10.3. The minimum atomic E-state index is -0.356. The Balaban J connectivity index is 0.00000364. The standard InChI is InChI=1S/C17H18F2N4S3.2BrH/c18-12-1-3-14(10(7-12)5-6-24-16(20)21)26-15-4-2-13(19)8-11(15)9-25-17(22)23;;/h1-4,7-8H,5-6,9H2,(H3,20,21)(H3,22,23);2*1H. The van der Waals surface area contributed by atoms with Crippen LogP contribution in [-0.4, -0.2) is 16.1 Å². The van der Waals surface area contributed by atoms with Gasteiger partial charge in [-0.2, -0.15) is 0 Å². The molecule has 0 amide bonds. The fourth-order valence-electron chi connectivity index (χ4n) is 2.15. The van der Waals surface area contributed by atoms with Crippen LogP contribution >= 0.6 is 69.2 Å².